The van der Waals surface area contributed by atoms with Gasteiger partial charge in [-0.15, -0.1) is 0 Å². The van der Waals surface area contributed by atoms with Gasteiger partial charge in [0.05, 0.1) is 11.1 Å². The first-order valence-corrected chi connectivity index (χ1v) is 8.51. The van der Waals surface area contributed by atoms with Crippen LogP contribution in [0.2, 0.25) is 5.02 Å². The van der Waals surface area contributed by atoms with Crippen molar-refractivity contribution in [2.24, 2.45) is 0 Å². The second kappa shape index (κ2) is 7.53. The van der Waals surface area contributed by atoms with E-state index in [9.17, 15) is 44.3 Å². The number of alkyl halides is 9. The molecule has 0 aliphatic carbocycles. The van der Waals surface area contributed by atoms with E-state index in [1.165, 1.54) is 10.6 Å². The lowest BCUT2D eigenvalue weighted by atomic mass is 10.1. The first-order valence-electron chi connectivity index (χ1n) is 8.13. The second-order valence-electron chi connectivity index (χ2n) is 6.28. The molecule has 1 aliphatic heterocycles. The van der Waals surface area contributed by atoms with Crippen LogP contribution in [0.4, 0.5) is 50.0 Å². The lowest BCUT2D eigenvalue weighted by molar-refractivity contribution is -0.317. The highest BCUT2D eigenvalue weighted by Crippen LogP contribution is 2.46. The maximum absolute atomic E-state index is 13.6. The molecule has 0 aromatic heterocycles. The summed E-state index contributed by atoms with van der Waals surface area (Å²) in [7, 11) is 0. The lowest BCUT2D eigenvalue weighted by Gasteiger charge is -2.29. The highest BCUT2D eigenvalue weighted by molar-refractivity contribution is 6.30. The number of urea groups is 1. The van der Waals surface area contributed by atoms with Crippen molar-refractivity contribution in [3.8, 4) is 11.5 Å². The van der Waals surface area contributed by atoms with Crippen molar-refractivity contribution in [3.63, 3.8) is 0 Å². The van der Waals surface area contributed by atoms with Crippen LogP contribution in [0.25, 0.3) is 0 Å². The summed E-state index contributed by atoms with van der Waals surface area (Å²) < 4.78 is 128. The van der Waals surface area contributed by atoms with Crippen LogP contribution in [0.5, 0.6) is 11.5 Å². The average Bonchev–Trinajstić information content (AvgIpc) is 2.98. The van der Waals surface area contributed by atoms with Gasteiger partial charge >= 0.3 is 30.5 Å². The molecule has 2 aromatic carbocycles. The fourth-order valence-electron chi connectivity index (χ4n) is 2.55. The van der Waals surface area contributed by atoms with Gasteiger partial charge in [0.25, 0.3) is 0 Å². The van der Waals surface area contributed by atoms with Crippen molar-refractivity contribution in [2.45, 2.75) is 24.4 Å². The number of carbonyl (C=O) groups is 1. The predicted octanol–water partition coefficient (Wildman–Crippen LogP) is 6.19. The molecule has 0 bridgehead atoms. The normalized spacial score (nSPS) is 18.4. The first kappa shape index (κ1) is 23.6. The van der Waals surface area contributed by atoms with Gasteiger partial charge in [-0.2, -0.15) is 39.5 Å². The Morgan fingerprint density at radius 1 is 0.812 bits per heavy atom. The molecular formula is C17H8ClF9N2O3. The van der Waals surface area contributed by atoms with Crippen LogP contribution in [0.1, 0.15) is 11.1 Å². The van der Waals surface area contributed by atoms with E-state index in [2.05, 4.69) is 9.47 Å². The number of halogens is 10. The molecule has 15 heteroatoms. The third-order valence-electron chi connectivity index (χ3n) is 3.91. The van der Waals surface area contributed by atoms with Crippen LogP contribution < -0.4 is 20.1 Å². The van der Waals surface area contributed by atoms with Gasteiger partial charge in [-0.3, -0.25) is 5.32 Å². The molecule has 2 aromatic rings. The molecule has 1 atom stereocenters. The van der Waals surface area contributed by atoms with Gasteiger partial charge in [0.2, 0.25) is 0 Å². The highest BCUT2D eigenvalue weighted by atomic mass is 35.5. The molecule has 2 N–H and O–H groups in total. The van der Waals surface area contributed by atoms with Crippen LogP contribution in [-0.4, -0.2) is 18.1 Å². The molecule has 3 rings (SSSR count). The number of hydrogen-bond donors (Lipinski definition) is 2. The summed E-state index contributed by atoms with van der Waals surface area (Å²) >= 11 is 5.65. The van der Waals surface area contributed by atoms with Crippen LogP contribution in [0, 0.1) is 0 Å². The van der Waals surface area contributed by atoms with E-state index in [0.29, 0.717) is 0 Å². The maximum atomic E-state index is 13.6. The van der Waals surface area contributed by atoms with Crippen LogP contribution >= 0.6 is 11.6 Å². The number of ether oxygens (including phenoxy) is 2. The third-order valence-corrected chi connectivity index (χ3v) is 4.15. The van der Waals surface area contributed by atoms with Crippen molar-refractivity contribution in [3.05, 3.63) is 52.5 Å². The Morgan fingerprint density at radius 2 is 1.34 bits per heavy atom. The molecule has 174 valence electrons. The molecule has 5 nitrogen and oxygen atoms in total. The minimum Gasteiger partial charge on any atom is -0.424 e. The topological polar surface area (TPSA) is 59.6 Å². The van der Waals surface area contributed by atoms with Crippen LogP contribution in [0.3, 0.4) is 0 Å². The molecular weight excluding hydrogens is 487 g/mol. The molecule has 0 unspecified atom stereocenters. The van der Waals surface area contributed by atoms with Crippen molar-refractivity contribution >= 4 is 23.3 Å². The number of nitrogens with one attached hydrogen (secondary N) is 2. The van der Waals surface area contributed by atoms with Gasteiger partial charge < -0.3 is 14.8 Å². The Labute approximate surface area is 177 Å². The van der Waals surface area contributed by atoms with E-state index in [1.807, 2.05) is 0 Å². The van der Waals surface area contributed by atoms with Crippen LogP contribution in [0.15, 0.2) is 36.4 Å². The lowest BCUT2D eigenvalue weighted by Crippen LogP contribution is -2.65. The number of benzene rings is 2. The third kappa shape index (κ3) is 4.74. The average molecular weight is 495 g/mol. The highest BCUT2D eigenvalue weighted by Gasteiger charge is 2.65. The smallest absolute Gasteiger partial charge is 0.424 e. The Morgan fingerprint density at radius 3 is 1.84 bits per heavy atom. The number of fused-ring (bicyclic) bond motifs is 1. The van der Waals surface area contributed by atoms with E-state index in [-0.39, 0.29) is 23.2 Å². The van der Waals surface area contributed by atoms with Crippen molar-refractivity contribution in [1.29, 1.82) is 0 Å². The van der Waals surface area contributed by atoms with Gasteiger partial charge in [-0.25, -0.2) is 4.79 Å². The predicted molar refractivity (Wildman–Crippen MR) is 90.1 cm³/mol. The SMILES string of the molecule is O=C(Nc1cc(C(F)(F)F)cc(C(F)(F)F)c1)N[C@]1(C(F)(F)F)Oc2ccc(Cl)cc2O1. The zero-order valence-corrected chi connectivity index (χ0v) is 15.7. The Bertz CT molecular complexity index is 1020. The Balaban J connectivity index is 1.90. The van der Waals surface area contributed by atoms with Crippen molar-refractivity contribution < 1.29 is 53.8 Å². The Hall–Kier alpha value is -3.03. The molecule has 1 heterocycles. The monoisotopic (exact) mass is 494 g/mol. The van der Waals surface area contributed by atoms with Crippen molar-refractivity contribution in [1.82, 2.24) is 5.32 Å². The number of anilines is 1. The summed E-state index contributed by atoms with van der Waals surface area (Å²) in [6.07, 6.45) is -15.9. The standard InChI is InChI=1S/C17H8ClF9N2O3/c18-9-1-2-11-12(6-9)32-17(31-11,16(25,26)27)29-13(30)28-10-4-7(14(19,20)21)3-8(5-10)15(22,23)24/h1-6H,(H2,28,29,30)/t17-/m1/s1. The van der Waals surface area contributed by atoms with E-state index >= 15 is 0 Å². The molecule has 0 spiro atoms. The summed E-state index contributed by atoms with van der Waals surface area (Å²) in [5.74, 6) is -4.82. The molecule has 0 fully saturated rings. The molecule has 0 radical (unpaired) electrons. The van der Waals surface area contributed by atoms with E-state index < -0.39 is 58.8 Å². The number of carbonyl (C=O) groups excluding carboxylic acids is 1. The maximum Gasteiger partial charge on any atom is 0.492 e. The number of amides is 2. The van der Waals surface area contributed by atoms with E-state index in [0.717, 1.165) is 18.2 Å². The summed E-state index contributed by atoms with van der Waals surface area (Å²) in [5.41, 5.74) is -4.66. The first-order chi connectivity index (χ1) is 14.5. The van der Waals surface area contributed by atoms with E-state index in [4.69, 9.17) is 11.6 Å². The summed E-state index contributed by atoms with van der Waals surface area (Å²) in [6.45, 7) is 0. The fourth-order valence-corrected chi connectivity index (χ4v) is 2.72. The number of hydrogen-bond acceptors (Lipinski definition) is 3. The molecule has 32 heavy (non-hydrogen) atoms. The zero-order chi connectivity index (χ0) is 24.1. The second-order valence-corrected chi connectivity index (χ2v) is 6.72. The molecule has 1 aliphatic rings. The van der Waals surface area contributed by atoms with Gasteiger partial charge in [0.15, 0.2) is 11.5 Å². The van der Waals surface area contributed by atoms with Gasteiger partial charge in [0, 0.05) is 16.8 Å². The van der Waals surface area contributed by atoms with Gasteiger partial charge in [-0.1, -0.05) is 11.6 Å². The van der Waals surface area contributed by atoms with Gasteiger partial charge in [-0.05, 0) is 30.3 Å². The quantitative estimate of drug-likeness (QED) is 0.490. The summed E-state index contributed by atoms with van der Waals surface area (Å²) in [5, 5.41) is 2.69. The largest absolute Gasteiger partial charge is 0.492 e. The molecule has 0 saturated carbocycles. The fraction of sp³-hybridized carbons (Fsp3) is 0.235. The molecule has 2 amide bonds. The zero-order valence-electron chi connectivity index (χ0n) is 15.0. The minimum absolute atomic E-state index is 0.0431. The van der Waals surface area contributed by atoms with Crippen LogP contribution in [-0.2, 0) is 12.4 Å². The van der Waals surface area contributed by atoms with E-state index in [1.54, 1.807) is 0 Å². The minimum atomic E-state index is -5.43. The number of rotatable bonds is 2. The summed E-state index contributed by atoms with van der Waals surface area (Å²) in [4.78, 5) is 12.1. The summed E-state index contributed by atoms with van der Waals surface area (Å²) in [6, 6.07) is 1.22. The van der Waals surface area contributed by atoms with Gasteiger partial charge in [0.1, 0.15) is 0 Å². The Kier molecular flexibility index (Phi) is 5.56. The molecule has 0 saturated heterocycles. The van der Waals surface area contributed by atoms with Crippen molar-refractivity contribution in [2.75, 3.05) is 5.32 Å².